The summed E-state index contributed by atoms with van der Waals surface area (Å²) in [6.07, 6.45) is 3.28. The molecule has 0 aliphatic carbocycles. The second-order valence-corrected chi connectivity index (χ2v) is 4.51. The smallest absolute Gasteiger partial charge is 0.00229 e. The maximum Gasteiger partial charge on any atom is 0.00229 e. The van der Waals surface area contributed by atoms with Gasteiger partial charge in [-0.1, -0.05) is 89.6 Å². The van der Waals surface area contributed by atoms with Crippen LogP contribution in [0.1, 0.15) is 72.4 Å². The van der Waals surface area contributed by atoms with Gasteiger partial charge >= 0.3 is 0 Å². The summed E-state index contributed by atoms with van der Waals surface area (Å²) in [5, 5.41) is 0. The standard InChI is InChI=1S/C16H22.2C2H6/c1-6-15-9-7-8-10-16(15)14(5)13(4)11-12(2)3;2*1-2/h7-11,14H,2,6H2,1,3-5H3;2*1-2H3/b13-11+;;/t14-;;/m1../s1. The first kappa shape index (κ1) is 21.0. The summed E-state index contributed by atoms with van der Waals surface area (Å²) in [6.45, 7) is 20.6. The van der Waals surface area contributed by atoms with Crippen LogP contribution in [0.4, 0.5) is 0 Å². The van der Waals surface area contributed by atoms with Crippen LogP contribution in [0.5, 0.6) is 0 Å². The summed E-state index contributed by atoms with van der Waals surface area (Å²) in [7, 11) is 0. The molecule has 1 aromatic rings. The van der Waals surface area contributed by atoms with Crippen LogP contribution in [0.15, 0.2) is 48.1 Å². The average molecular weight is 274 g/mol. The van der Waals surface area contributed by atoms with Crippen LogP contribution in [0.2, 0.25) is 0 Å². The van der Waals surface area contributed by atoms with Crippen LogP contribution in [0.3, 0.4) is 0 Å². The molecule has 1 atom stereocenters. The summed E-state index contributed by atoms with van der Waals surface area (Å²) in [4.78, 5) is 0. The minimum atomic E-state index is 0.479. The minimum absolute atomic E-state index is 0.479. The summed E-state index contributed by atoms with van der Waals surface area (Å²) in [5.74, 6) is 0.479. The molecule has 0 bridgehead atoms. The molecule has 20 heavy (non-hydrogen) atoms. The third-order valence-corrected chi connectivity index (χ3v) is 3.06. The Morgan fingerprint density at radius 3 is 2.05 bits per heavy atom. The van der Waals surface area contributed by atoms with Crippen LogP contribution in [-0.2, 0) is 6.42 Å². The van der Waals surface area contributed by atoms with Gasteiger partial charge in [0.05, 0.1) is 0 Å². The predicted octanol–water partition coefficient (Wildman–Crippen LogP) is 6.93. The van der Waals surface area contributed by atoms with Crippen molar-refractivity contribution >= 4 is 0 Å². The second-order valence-electron chi connectivity index (χ2n) is 4.51. The molecule has 0 N–H and O–H groups in total. The fraction of sp³-hybridized carbons (Fsp3) is 0.500. The van der Waals surface area contributed by atoms with Gasteiger partial charge in [-0.2, -0.15) is 0 Å². The molecular formula is C20H34. The molecule has 0 saturated carbocycles. The minimum Gasteiger partial charge on any atom is -0.0961 e. The zero-order chi connectivity index (χ0) is 16.1. The second kappa shape index (κ2) is 12.7. The van der Waals surface area contributed by atoms with Gasteiger partial charge in [-0.15, -0.1) is 0 Å². The van der Waals surface area contributed by atoms with Gasteiger partial charge in [0.15, 0.2) is 0 Å². The van der Waals surface area contributed by atoms with Crippen molar-refractivity contribution < 1.29 is 0 Å². The predicted molar refractivity (Wildman–Crippen MR) is 95.5 cm³/mol. The number of benzene rings is 1. The normalized spacial score (nSPS) is 11.5. The highest BCUT2D eigenvalue weighted by Gasteiger charge is 2.10. The van der Waals surface area contributed by atoms with Crippen LogP contribution >= 0.6 is 0 Å². The lowest BCUT2D eigenvalue weighted by Gasteiger charge is -2.16. The lowest BCUT2D eigenvalue weighted by molar-refractivity contribution is 0.868. The van der Waals surface area contributed by atoms with E-state index in [0.717, 1.165) is 12.0 Å². The number of aryl methyl sites for hydroxylation is 1. The summed E-state index contributed by atoms with van der Waals surface area (Å²) in [5.41, 5.74) is 5.40. The third-order valence-electron chi connectivity index (χ3n) is 3.06. The molecule has 0 aliphatic heterocycles. The number of hydrogen-bond acceptors (Lipinski definition) is 0. The molecule has 0 aromatic heterocycles. The van der Waals surface area contributed by atoms with E-state index >= 15 is 0 Å². The van der Waals surface area contributed by atoms with Crippen molar-refractivity contribution in [2.24, 2.45) is 0 Å². The van der Waals surface area contributed by atoms with Crippen molar-refractivity contribution in [2.45, 2.75) is 67.7 Å². The van der Waals surface area contributed by atoms with E-state index in [1.165, 1.54) is 16.7 Å². The van der Waals surface area contributed by atoms with E-state index in [9.17, 15) is 0 Å². The Morgan fingerprint density at radius 1 is 1.10 bits per heavy atom. The molecule has 0 aliphatic rings. The molecule has 0 unspecified atom stereocenters. The van der Waals surface area contributed by atoms with Crippen molar-refractivity contribution in [3.8, 4) is 0 Å². The molecule has 0 heterocycles. The van der Waals surface area contributed by atoms with E-state index in [0.29, 0.717) is 5.92 Å². The lowest BCUT2D eigenvalue weighted by atomic mass is 9.88. The quantitative estimate of drug-likeness (QED) is 0.522. The van der Waals surface area contributed by atoms with Gasteiger partial charge in [-0.3, -0.25) is 0 Å². The van der Waals surface area contributed by atoms with Crippen molar-refractivity contribution in [3.63, 3.8) is 0 Å². The Bertz CT molecular complexity index is 396. The highest BCUT2D eigenvalue weighted by Crippen LogP contribution is 2.27. The maximum atomic E-state index is 3.94. The monoisotopic (exact) mass is 274 g/mol. The van der Waals surface area contributed by atoms with E-state index in [1.807, 2.05) is 34.6 Å². The van der Waals surface area contributed by atoms with E-state index in [-0.39, 0.29) is 0 Å². The first-order valence-corrected chi connectivity index (χ1v) is 7.97. The topological polar surface area (TPSA) is 0 Å². The Morgan fingerprint density at radius 2 is 1.60 bits per heavy atom. The molecule has 0 fully saturated rings. The van der Waals surface area contributed by atoms with Gasteiger partial charge in [0.2, 0.25) is 0 Å². The third kappa shape index (κ3) is 7.33. The van der Waals surface area contributed by atoms with Crippen LogP contribution < -0.4 is 0 Å². The first-order valence-electron chi connectivity index (χ1n) is 7.97. The fourth-order valence-corrected chi connectivity index (χ4v) is 2.04. The van der Waals surface area contributed by atoms with Crippen LogP contribution in [-0.4, -0.2) is 0 Å². The zero-order valence-electron chi connectivity index (χ0n) is 14.9. The highest BCUT2D eigenvalue weighted by atomic mass is 14.1. The van der Waals surface area contributed by atoms with E-state index in [1.54, 1.807) is 0 Å². The Kier molecular flexibility index (Phi) is 13.4. The van der Waals surface area contributed by atoms with Crippen LogP contribution in [0.25, 0.3) is 0 Å². The molecule has 0 radical (unpaired) electrons. The molecule has 0 nitrogen and oxygen atoms in total. The van der Waals surface area contributed by atoms with Gasteiger partial charge in [-0.05, 0) is 31.4 Å². The summed E-state index contributed by atoms with van der Waals surface area (Å²) >= 11 is 0. The molecule has 1 rings (SSSR count). The molecule has 114 valence electrons. The van der Waals surface area contributed by atoms with Gasteiger partial charge in [0, 0.05) is 5.92 Å². The zero-order valence-corrected chi connectivity index (χ0v) is 14.9. The number of rotatable bonds is 4. The molecule has 0 spiro atoms. The van der Waals surface area contributed by atoms with E-state index in [2.05, 4.69) is 57.7 Å². The van der Waals surface area contributed by atoms with E-state index < -0.39 is 0 Å². The van der Waals surface area contributed by atoms with Crippen LogP contribution in [0, 0.1) is 0 Å². The van der Waals surface area contributed by atoms with Crippen molar-refractivity contribution in [1.82, 2.24) is 0 Å². The molecule has 0 saturated heterocycles. The van der Waals surface area contributed by atoms with Gasteiger partial charge in [0.1, 0.15) is 0 Å². The summed E-state index contributed by atoms with van der Waals surface area (Å²) in [6, 6.07) is 8.70. The number of hydrogen-bond donors (Lipinski definition) is 0. The van der Waals surface area contributed by atoms with Crippen molar-refractivity contribution in [3.05, 3.63) is 59.2 Å². The molecular weight excluding hydrogens is 240 g/mol. The maximum absolute atomic E-state index is 3.94. The first-order chi connectivity index (χ1) is 9.56. The van der Waals surface area contributed by atoms with E-state index in [4.69, 9.17) is 0 Å². The Hall–Kier alpha value is -1.30. The largest absolute Gasteiger partial charge is 0.0961 e. The van der Waals surface area contributed by atoms with Gasteiger partial charge in [0.25, 0.3) is 0 Å². The lowest BCUT2D eigenvalue weighted by Crippen LogP contribution is -2.00. The highest BCUT2D eigenvalue weighted by molar-refractivity contribution is 5.36. The number of allylic oxidation sites excluding steroid dienone is 3. The molecule has 1 aromatic carbocycles. The Balaban J connectivity index is 0. The molecule has 0 amide bonds. The average Bonchev–Trinajstić information content (AvgIpc) is 2.49. The van der Waals surface area contributed by atoms with Crippen molar-refractivity contribution in [2.75, 3.05) is 0 Å². The Labute approximate surface area is 127 Å². The van der Waals surface area contributed by atoms with Crippen molar-refractivity contribution in [1.29, 1.82) is 0 Å². The summed E-state index contributed by atoms with van der Waals surface area (Å²) < 4.78 is 0. The molecule has 0 heteroatoms. The van der Waals surface area contributed by atoms with Gasteiger partial charge < -0.3 is 0 Å². The SMILES string of the molecule is C=C(C)/C=C(\C)[C@@H](C)c1ccccc1CC.CC.CC. The van der Waals surface area contributed by atoms with Gasteiger partial charge in [-0.25, -0.2) is 0 Å². The fourth-order valence-electron chi connectivity index (χ4n) is 2.04.